The highest BCUT2D eigenvalue weighted by Crippen LogP contribution is 2.33. The molecular formula is C21H22FN3O3. The summed E-state index contributed by atoms with van der Waals surface area (Å²) in [7, 11) is 1.96. The third kappa shape index (κ3) is 3.21. The van der Waals surface area contributed by atoms with Crippen molar-refractivity contribution in [3.8, 4) is 11.5 Å². The first kappa shape index (κ1) is 17.5. The molecule has 28 heavy (non-hydrogen) atoms. The molecule has 146 valence electrons. The Morgan fingerprint density at radius 2 is 2.00 bits per heavy atom. The Morgan fingerprint density at radius 1 is 1.14 bits per heavy atom. The van der Waals surface area contributed by atoms with E-state index in [0.29, 0.717) is 26.2 Å². The number of ether oxygens (including phenoxy) is 3. The van der Waals surface area contributed by atoms with Gasteiger partial charge in [-0.05, 0) is 29.8 Å². The van der Waals surface area contributed by atoms with E-state index in [-0.39, 0.29) is 6.79 Å². The summed E-state index contributed by atoms with van der Waals surface area (Å²) in [4.78, 5) is 6.67. The number of likely N-dealkylation sites (tertiary alicyclic amines) is 1. The van der Waals surface area contributed by atoms with Crippen LogP contribution in [0.4, 0.5) is 4.39 Å². The van der Waals surface area contributed by atoms with Crippen molar-refractivity contribution in [1.29, 1.82) is 0 Å². The zero-order chi connectivity index (χ0) is 19.1. The van der Waals surface area contributed by atoms with Crippen molar-refractivity contribution < 1.29 is 18.6 Å². The van der Waals surface area contributed by atoms with E-state index >= 15 is 0 Å². The van der Waals surface area contributed by atoms with Crippen LogP contribution in [-0.2, 0) is 24.9 Å². The minimum Gasteiger partial charge on any atom is -0.454 e. The average molecular weight is 383 g/mol. The van der Waals surface area contributed by atoms with E-state index in [1.54, 1.807) is 0 Å². The second kappa shape index (κ2) is 7.07. The van der Waals surface area contributed by atoms with Gasteiger partial charge in [0, 0.05) is 26.7 Å². The molecule has 1 saturated heterocycles. The summed E-state index contributed by atoms with van der Waals surface area (Å²) in [6.45, 7) is 2.13. The molecule has 5 rings (SSSR count). The predicted octanol–water partition coefficient (Wildman–Crippen LogP) is 3.04. The summed E-state index contributed by atoms with van der Waals surface area (Å²) < 4.78 is 33.2. The number of aromatic nitrogens is 2. The molecule has 0 saturated carbocycles. The molecule has 7 heteroatoms. The van der Waals surface area contributed by atoms with Crippen LogP contribution in [0.1, 0.15) is 11.4 Å². The SMILES string of the molecule is Cn1c(COC2CN(Cc3ccc4c(c3)OCO4)CC2F)nc2ccccc21. The molecule has 2 aliphatic heterocycles. The summed E-state index contributed by atoms with van der Waals surface area (Å²) >= 11 is 0. The molecule has 1 aromatic heterocycles. The standard InChI is InChI=1S/C21H22FN3O3/c1-24-17-5-3-2-4-16(17)23-21(24)12-26-20-11-25(10-15(20)22)9-14-6-7-18-19(8-14)28-13-27-18/h2-8,15,20H,9-13H2,1H3. The first-order valence-electron chi connectivity index (χ1n) is 9.44. The molecule has 0 N–H and O–H groups in total. The topological polar surface area (TPSA) is 48.8 Å². The number of nitrogens with zero attached hydrogens (tertiary/aromatic N) is 3. The predicted molar refractivity (Wildman–Crippen MR) is 102 cm³/mol. The molecule has 0 aliphatic carbocycles. The fourth-order valence-electron chi connectivity index (χ4n) is 3.90. The normalized spacial score (nSPS) is 21.6. The lowest BCUT2D eigenvalue weighted by atomic mass is 10.2. The Labute approximate surface area is 162 Å². The van der Waals surface area contributed by atoms with Crippen LogP contribution >= 0.6 is 0 Å². The van der Waals surface area contributed by atoms with Crippen molar-refractivity contribution in [2.24, 2.45) is 7.05 Å². The molecule has 0 spiro atoms. The molecule has 2 aromatic carbocycles. The molecule has 0 radical (unpaired) electrons. The number of halogens is 1. The van der Waals surface area contributed by atoms with E-state index < -0.39 is 12.3 Å². The Balaban J connectivity index is 1.21. The summed E-state index contributed by atoms with van der Waals surface area (Å²) in [6, 6.07) is 13.8. The van der Waals surface area contributed by atoms with Gasteiger partial charge in [0.15, 0.2) is 11.5 Å². The second-order valence-electron chi connectivity index (χ2n) is 7.32. The summed E-state index contributed by atoms with van der Waals surface area (Å²) in [5.41, 5.74) is 3.05. The summed E-state index contributed by atoms with van der Waals surface area (Å²) in [5.74, 6) is 2.32. The lowest BCUT2D eigenvalue weighted by Gasteiger charge is -2.16. The van der Waals surface area contributed by atoms with Crippen LogP contribution in [0.25, 0.3) is 11.0 Å². The maximum atomic E-state index is 14.5. The first-order valence-corrected chi connectivity index (χ1v) is 9.44. The van der Waals surface area contributed by atoms with Crippen LogP contribution in [0.3, 0.4) is 0 Å². The van der Waals surface area contributed by atoms with Crippen LogP contribution in [0.5, 0.6) is 11.5 Å². The highest BCUT2D eigenvalue weighted by Gasteiger charge is 2.34. The molecule has 6 nitrogen and oxygen atoms in total. The number of para-hydroxylation sites is 2. The smallest absolute Gasteiger partial charge is 0.231 e. The van der Waals surface area contributed by atoms with Gasteiger partial charge in [-0.3, -0.25) is 4.90 Å². The Hall–Kier alpha value is -2.64. The Bertz CT molecular complexity index is 1010. The van der Waals surface area contributed by atoms with Crippen LogP contribution in [0, 0.1) is 0 Å². The van der Waals surface area contributed by atoms with Gasteiger partial charge in [0.05, 0.1) is 11.0 Å². The number of hydrogen-bond donors (Lipinski definition) is 0. The van der Waals surface area contributed by atoms with E-state index in [9.17, 15) is 4.39 Å². The molecule has 3 aromatic rings. The fourth-order valence-corrected chi connectivity index (χ4v) is 3.90. The van der Waals surface area contributed by atoms with Crippen molar-refractivity contribution in [3.05, 3.63) is 53.9 Å². The van der Waals surface area contributed by atoms with Crippen LogP contribution < -0.4 is 9.47 Å². The van der Waals surface area contributed by atoms with Gasteiger partial charge in [-0.15, -0.1) is 0 Å². The summed E-state index contributed by atoms with van der Waals surface area (Å²) in [5, 5.41) is 0. The highest BCUT2D eigenvalue weighted by molar-refractivity contribution is 5.75. The maximum absolute atomic E-state index is 14.5. The van der Waals surface area contributed by atoms with E-state index in [1.165, 1.54) is 0 Å². The van der Waals surface area contributed by atoms with E-state index in [1.807, 2.05) is 54.1 Å². The molecule has 3 heterocycles. The number of hydrogen-bond acceptors (Lipinski definition) is 5. The van der Waals surface area contributed by atoms with Crippen LogP contribution in [0.2, 0.25) is 0 Å². The summed E-state index contributed by atoms with van der Waals surface area (Å²) in [6.07, 6.45) is -1.46. The average Bonchev–Trinajstić information content (AvgIpc) is 3.38. The number of imidazole rings is 1. The number of fused-ring (bicyclic) bond motifs is 2. The van der Waals surface area contributed by atoms with E-state index in [0.717, 1.165) is 33.9 Å². The van der Waals surface area contributed by atoms with Gasteiger partial charge < -0.3 is 18.8 Å². The lowest BCUT2D eigenvalue weighted by molar-refractivity contribution is 0.00749. The number of aryl methyl sites for hydroxylation is 1. The third-order valence-corrected chi connectivity index (χ3v) is 5.42. The number of benzene rings is 2. The van der Waals surface area contributed by atoms with Gasteiger partial charge in [0.1, 0.15) is 24.7 Å². The van der Waals surface area contributed by atoms with Crippen molar-refractivity contribution in [2.45, 2.75) is 25.4 Å². The molecule has 2 unspecified atom stereocenters. The number of alkyl halides is 1. The third-order valence-electron chi connectivity index (χ3n) is 5.42. The zero-order valence-corrected chi connectivity index (χ0v) is 15.7. The van der Waals surface area contributed by atoms with E-state index in [2.05, 4.69) is 9.88 Å². The minimum absolute atomic E-state index is 0.257. The lowest BCUT2D eigenvalue weighted by Crippen LogP contribution is -2.25. The van der Waals surface area contributed by atoms with Crippen molar-refractivity contribution in [1.82, 2.24) is 14.5 Å². The molecule has 2 atom stereocenters. The largest absolute Gasteiger partial charge is 0.454 e. The van der Waals surface area contributed by atoms with Crippen molar-refractivity contribution >= 4 is 11.0 Å². The van der Waals surface area contributed by atoms with Gasteiger partial charge in [-0.25, -0.2) is 9.37 Å². The Kier molecular flexibility index (Phi) is 4.41. The molecular weight excluding hydrogens is 361 g/mol. The zero-order valence-electron chi connectivity index (χ0n) is 15.7. The number of rotatable bonds is 5. The van der Waals surface area contributed by atoms with Crippen LogP contribution in [-0.4, -0.2) is 46.6 Å². The Morgan fingerprint density at radius 3 is 2.89 bits per heavy atom. The first-order chi connectivity index (χ1) is 13.7. The van der Waals surface area contributed by atoms with Crippen molar-refractivity contribution in [3.63, 3.8) is 0 Å². The van der Waals surface area contributed by atoms with Gasteiger partial charge in [-0.2, -0.15) is 0 Å². The fraction of sp³-hybridized carbons (Fsp3) is 0.381. The van der Waals surface area contributed by atoms with Gasteiger partial charge >= 0.3 is 0 Å². The quantitative estimate of drug-likeness (QED) is 0.678. The molecule has 0 bridgehead atoms. The molecule has 2 aliphatic rings. The highest BCUT2D eigenvalue weighted by atomic mass is 19.1. The van der Waals surface area contributed by atoms with E-state index in [4.69, 9.17) is 14.2 Å². The van der Waals surface area contributed by atoms with Gasteiger partial charge in [0.25, 0.3) is 0 Å². The van der Waals surface area contributed by atoms with Gasteiger partial charge in [0.2, 0.25) is 6.79 Å². The monoisotopic (exact) mass is 383 g/mol. The van der Waals surface area contributed by atoms with Crippen molar-refractivity contribution in [2.75, 3.05) is 19.9 Å². The van der Waals surface area contributed by atoms with Crippen LogP contribution in [0.15, 0.2) is 42.5 Å². The second-order valence-corrected chi connectivity index (χ2v) is 7.32. The maximum Gasteiger partial charge on any atom is 0.231 e. The molecule has 1 fully saturated rings. The molecule has 0 amide bonds. The minimum atomic E-state index is -1.01. The van der Waals surface area contributed by atoms with Gasteiger partial charge in [-0.1, -0.05) is 18.2 Å².